The number of carbonyl (C=O) groups excluding carboxylic acids is 2. The van der Waals surface area contributed by atoms with Crippen LogP contribution in [0.15, 0.2) is 0 Å². The van der Waals surface area contributed by atoms with Gasteiger partial charge in [0.05, 0.1) is 12.6 Å². The molecule has 0 fully saturated rings. The molecule has 5 N–H and O–H groups in total. The molecule has 2 amide bonds. The summed E-state index contributed by atoms with van der Waals surface area (Å²) < 4.78 is 4.44. The number of amides is 2. The van der Waals surface area contributed by atoms with E-state index in [2.05, 4.69) is 10.1 Å². The van der Waals surface area contributed by atoms with Gasteiger partial charge in [0, 0.05) is 0 Å². The fourth-order valence-corrected chi connectivity index (χ4v) is 0.829. The minimum atomic E-state index is -0.857. The first-order valence-electron chi connectivity index (χ1n) is 4.70. The molecule has 0 spiro atoms. The minimum absolute atomic E-state index is 0.0535. The Morgan fingerprint density at radius 2 is 1.93 bits per heavy atom. The van der Waals surface area contributed by atoms with Crippen LogP contribution in [0.2, 0.25) is 0 Å². The first-order valence-corrected chi connectivity index (χ1v) is 4.70. The van der Waals surface area contributed by atoms with Gasteiger partial charge in [0.15, 0.2) is 0 Å². The second kappa shape index (κ2) is 5.55. The van der Waals surface area contributed by atoms with Gasteiger partial charge in [0.1, 0.15) is 6.61 Å². The fourth-order valence-electron chi connectivity index (χ4n) is 0.829. The van der Waals surface area contributed by atoms with E-state index in [-0.39, 0.29) is 24.5 Å². The lowest BCUT2D eigenvalue weighted by atomic mass is 9.87. The predicted octanol–water partition coefficient (Wildman–Crippen LogP) is -0.429. The topological polar surface area (TPSA) is 107 Å². The summed E-state index contributed by atoms with van der Waals surface area (Å²) in [4.78, 5) is 21.6. The number of hydrogen-bond donors (Lipinski definition) is 3. The third kappa shape index (κ3) is 5.90. The largest absolute Gasteiger partial charge is 0.448 e. The van der Waals surface area contributed by atoms with Crippen molar-refractivity contribution in [2.75, 3.05) is 13.2 Å². The smallest absolute Gasteiger partial charge is 0.404 e. The van der Waals surface area contributed by atoms with Crippen LogP contribution in [0.3, 0.4) is 0 Å². The Balaban J connectivity index is 3.80. The maximum absolute atomic E-state index is 11.4. The standard InChI is InChI=1S/C9H19N3O3/c1-9(2,3)6(10)7(13)12-4-5-15-8(11)14/h6H,4-5,10H2,1-3H3,(H2,11,14)(H,12,13)/t6-/m1/s1. The van der Waals surface area contributed by atoms with Crippen molar-refractivity contribution in [2.24, 2.45) is 16.9 Å². The van der Waals surface area contributed by atoms with E-state index in [0.29, 0.717) is 0 Å². The Kier molecular flexibility index (Phi) is 5.07. The number of nitrogens with two attached hydrogens (primary N) is 2. The van der Waals surface area contributed by atoms with Crippen LogP contribution >= 0.6 is 0 Å². The maximum Gasteiger partial charge on any atom is 0.404 e. The Hall–Kier alpha value is -1.30. The van der Waals surface area contributed by atoms with Gasteiger partial charge in [-0.15, -0.1) is 0 Å². The normalized spacial score (nSPS) is 13.1. The lowest BCUT2D eigenvalue weighted by Crippen LogP contribution is -2.49. The summed E-state index contributed by atoms with van der Waals surface area (Å²) in [6.07, 6.45) is -0.857. The highest BCUT2D eigenvalue weighted by Gasteiger charge is 2.26. The molecule has 0 heterocycles. The number of nitrogens with one attached hydrogen (secondary N) is 1. The van der Waals surface area contributed by atoms with Crippen LogP contribution in [-0.4, -0.2) is 31.2 Å². The van der Waals surface area contributed by atoms with Crippen LogP contribution in [0.4, 0.5) is 4.79 Å². The lowest BCUT2D eigenvalue weighted by molar-refractivity contribution is -0.124. The Morgan fingerprint density at radius 3 is 2.33 bits per heavy atom. The molecule has 0 saturated carbocycles. The molecule has 0 radical (unpaired) electrons. The molecule has 6 heteroatoms. The van der Waals surface area contributed by atoms with E-state index in [9.17, 15) is 9.59 Å². The lowest BCUT2D eigenvalue weighted by Gasteiger charge is -2.25. The molecule has 0 aliphatic rings. The zero-order valence-corrected chi connectivity index (χ0v) is 9.37. The molecule has 0 aromatic carbocycles. The zero-order chi connectivity index (χ0) is 12.1. The number of rotatable bonds is 4. The number of primary amides is 1. The molecule has 0 rings (SSSR count). The number of ether oxygens (including phenoxy) is 1. The van der Waals surface area contributed by atoms with Crippen molar-refractivity contribution in [1.82, 2.24) is 5.32 Å². The first-order chi connectivity index (χ1) is 6.75. The summed E-state index contributed by atoms with van der Waals surface area (Å²) >= 11 is 0. The van der Waals surface area contributed by atoms with E-state index in [1.807, 2.05) is 20.8 Å². The summed E-state index contributed by atoms with van der Waals surface area (Å²) in [5.74, 6) is -0.268. The van der Waals surface area contributed by atoms with Crippen molar-refractivity contribution in [2.45, 2.75) is 26.8 Å². The van der Waals surface area contributed by atoms with Crippen LogP contribution < -0.4 is 16.8 Å². The highest BCUT2D eigenvalue weighted by Crippen LogP contribution is 2.16. The molecule has 1 atom stereocenters. The first kappa shape index (κ1) is 13.7. The molecule has 6 nitrogen and oxygen atoms in total. The molecule has 0 aromatic heterocycles. The monoisotopic (exact) mass is 217 g/mol. The average Bonchev–Trinajstić information content (AvgIpc) is 2.09. The van der Waals surface area contributed by atoms with Crippen LogP contribution in [0.25, 0.3) is 0 Å². The van der Waals surface area contributed by atoms with Gasteiger partial charge in [0.25, 0.3) is 0 Å². The van der Waals surface area contributed by atoms with Crippen molar-refractivity contribution in [3.05, 3.63) is 0 Å². The van der Waals surface area contributed by atoms with E-state index in [1.54, 1.807) is 0 Å². The van der Waals surface area contributed by atoms with Crippen molar-refractivity contribution < 1.29 is 14.3 Å². The van der Waals surface area contributed by atoms with Crippen LogP contribution in [0, 0.1) is 5.41 Å². The van der Waals surface area contributed by atoms with Crippen molar-refractivity contribution in [3.8, 4) is 0 Å². The van der Waals surface area contributed by atoms with Gasteiger partial charge in [-0.05, 0) is 5.41 Å². The van der Waals surface area contributed by atoms with Crippen molar-refractivity contribution >= 4 is 12.0 Å². The van der Waals surface area contributed by atoms with E-state index in [0.717, 1.165) is 0 Å². The summed E-state index contributed by atoms with van der Waals surface area (Å²) in [7, 11) is 0. The minimum Gasteiger partial charge on any atom is -0.448 e. The summed E-state index contributed by atoms with van der Waals surface area (Å²) in [5, 5.41) is 2.55. The third-order valence-electron chi connectivity index (χ3n) is 1.86. The summed E-state index contributed by atoms with van der Waals surface area (Å²) in [5.41, 5.74) is 10.1. The maximum atomic E-state index is 11.4. The van der Waals surface area contributed by atoms with Gasteiger partial charge in [-0.1, -0.05) is 20.8 Å². The summed E-state index contributed by atoms with van der Waals surface area (Å²) in [6, 6.07) is -0.592. The molecule has 0 aliphatic heterocycles. The molecule has 0 bridgehead atoms. The van der Waals surface area contributed by atoms with Crippen LogP contribution in [0.1, 0.15) is 20.8 Å². The van der Waals surface area contributed by atoms with Gasteiger partial charge >= 0.3 is 6.09 Å². The molecule has 0 unspecified atom stereocenters. The van der Waals surface area contributed by atoms with E-state index >= 15 is 0 Å². The SMILES string of the molecule is CC(C)(C)[C@H](N)C(=O)NCCOC(N)=O. The van der Waals surface area contributed by atoms with Crippen LogP contribution in [-0.2, 0) is 9.53 Å². The van der Waals surface area contributed by atoms with Gasteiger partial charge in [0.2, 0.25) is 5.91 Å². The van der Waals surface area contributed by atoms with E-state index in [4.69, 9.17) is 11.5 Å². The average molecular weight is 217 g/mol. The third-order valence-corrected chi connectivity index (χ3v) is 1.86. The molecule has 15 heavy (non-hydrogen) atoms. The van der Waals surface area contributed by atoms with E-state index < -0.39 is 12.1 Å². The molecule has 0 aromatic rings. The van der Waals surface area contributed by atoms with Crippen molar-refractivity contribution in [3.63, 3.8) is 0 Å². The van der Waals surface area contributed by atoms with Gasteiger partial charge in [-0.3, -0.25) is 4.79 Å². The highest BCUT2D eigenvalue weighted by molar-refractivity contribution is 5.82. The zero-order valence-electron chi connectivity index (χ0n) is 9.37. The molecule has 88 valence electrons. The summed E-state index contributed by atoms with van der Waals surface area (Å²) in [6.45, 7) is 5.88. The van der Waals surface area contributed by atoms with Crippen LogP contribution in [0.5, 0.6) is 0 Å². The molecule has 0 aliphatic carbocycles. The number of hydrogen-bond acceptors (Lipinski definition) is 4. The predicted molar refractivity (Wildman–Crippen MR) is 56.0 cm³/mol. The molecule has 0 saturated heterocycles. The fraction of sp³-hybridized carbons (Fsp3) is 0.778. The Labute approximate surface area is 89.3 Å². The second-order valence-corrected chi connectivity index (χ2v) is 4.30. The second-order valence-electron chi connectivity index (χ2n) is 4.30. The van der Waals surface area contributed by atoms with Crippen molar-refractivity contribution in [1.29, 1.82) is 0 Å². The van der Waals surface area contributed by atoms with Gasteiger partial charge in [-0.2, -0.15) is 0 Å². The highest BCUT2D eigenvalue weighted by atomic mass is 16.5. The Morgan fingerprint density at radius 1 is 1.40 bits per heavy atom. The molecular formula is C9H19N3O3. The quantitative estimate of drug-likeness (QED) is 0.555. The van der Waals surface area contributed by atoms with Gasteiger partial charge in [-0.25, -0.2) is 4.79 Å². The number of carbonyl (C=O) groups is 2. The van der Waals surface area contributed by atoms with Gasteiger partial charge < -0.3 is 21.5 Å². The molecular weight excluding hydrogens is 198 g/mol. The Bertz CT molecular complexity index is 235. The van der Waals surface area contributed by atoms with E-state index in [1.165, 1.54) is 0 Å².